The first-order valence-electron chi connectivity index (χ1n) is 7.47. The van der Waals surface area contributed by atoms with Gasteiger partial charge < -0.3 is 20.1 Å². The monoisotopic (exact) mass is 308 g/mol. The quantitative estimate of drug-likeness (QED) is 0.819. The van der Waals surface area contributed by atoms with Gasteiger partial charge in [0.2, 0.25) is 0 Å². The second-order valence-electron chi connectivity index (χ2n) is 5.38. The van der Waals surface area contributed by atoms with Crippen molar-refractivity contribution in [3.05, 3.63) is 23.8 Å². The molecule has 21 heavy (non-hydrogen) atoms. The first kappa shape index (κ1) is 15.9. The van der Waals surface area contributed by atoms with Crippen LogP contribution in [0.15, 0.2) is 18.2 Å². The second-order valence-corrected chi connectivity index (χ2v) is 5.79. The molecule has 1 fully saturated rings. The number of nitrogens with one attached hydrogen (secondary N) is 2. The van der Waals surface area contributed by atoms with Crippen molar-refractivity contribution in [2.45, 2.75) is 44.7 Å². The Morgan fingerprint density at radius 2 is 1.71 bits per heavy atom. The van der Waals surface area contributed by atoms with Crippen LogP contribution in [0.2, 0.25) is 0 Å². The average Bonchev–Trinajstić information content (AvgIpc) is 2.53. The minimum atomic E-state index is 0.526. The van der Waals surface area contributed by atoms with Gasteiger partial charge in [0.15, 0.2) is 5.11 Å². The summed E-state index contributed by atoms with van der Waals surface area (Å²) in [6.07, 6.45) is 6.38. The van der Waals surface area contributed by atoms with Gasteiger partial charge in [-0.25, -0.2) is 0 Å². The summed E-state index contributed by atoms with van der Waals surface area (Å²) in [6.45, 7) is 0.659. The molecule has 0 spiro atoms. The molecular weight excluding hydrogens is 284 g/mol. The summed E-state index contributed by atoms with van der Waals surface area (Å²) in [6, 6.07) is 6.36. The van der Waals surface area contributed by atoms with Crippen molar-refractivity contribution < 1.29 is 9.47 Å². The fourth-order valence-corrected chi connectivity index (χ4v) is 2.87. The largest absolute Gasteiger partial charge is 0.497 e. The smallest absolute Gasteiger partial charge is 0.166 e. The van der Waals surface area contributed by atoms with E-state index in [1.54, 1.807) is 14.2 Å². The van der Waals surface area contributed by atoms with Gasteiger partial charge >= 0.3 is 0 Å². The highest BCUT2D eigenvalue weighted by atomic mass is 32.1. The Kier molecular flexibility index (Phi) is 6.11. The van der Waals surface area contributed by atoms with Crippen LogP contribution in [0.4, 0.5) is 0 Å². The zero-order valence-corrected chi connectivity index (χ0v) is 13.6. The van der Waals surface area contributed by atoms with Gasteiger partial charge in [-0.15, -0.1) is 0 Å². The van der Waals surface area contributed by atoms with E-state index in [-0.39, 0.29) is 0 Å². The van der Waals surface area contributed by atoms with Crippen molar-refractivity contribution in [1.82, 2.24) is 10.6 Å². The predicted molar refractivity (Wildman–Crippen MR) is 89.0 cm³/mol. The Bertz CT molecular complexity index is 451. The van der Waals surface area contributed by atoms with Crippen molar-refractivity contribution in [1.29, 1.82) is 0 Å². The highest BCUT2D eigenvalue weighted by Crippen LogP contribution is 2.22. The van der Waals surface area contributed by atoms with E-state index in [0.29, 0.717) is 12.6 Å². The summed E-state index contributed by atoms with van der Waals surface area (Å²) in [5, 5.41) is 7.39. The maximum Gasteiger partial charge on any atom is 0.166 e. The van der Waals surface area contributed by atoms with E-state index >= 15 is 0 Å². The minimum Gasteiger partial charge on any atom is -0.497 e. The Labute approximate surface area is 132 Å². The van der Waals surface area contributed by atoms with Crippen LogP contribution in [-0.4, -0.2) is 25.4 Å². The van der Waals surface area contributed by atoms with Crippen LogP contribution in [0.3, 0.4) is 0 Å². The summed E-state index contributed by atoms with van der Waals surface area (Å²) in [7, 11) is 3.31. The Balaban J connectivity index is 1.85. The van der Waals surface area contributed by atoms with E-state index in [0.717, 1.165) is 22.2 Å². The molecular formula is C16H24N2O2S. The normalized spacial score (nSPS) is 15.3. The lowest BCUT2D eigenvalue weighted by Gasteiger charge is -2.24. The SMILES string of the molecule is COc1cc(CNC(=S)NC2CCCCC2)cc(OC)c1. The third kappa shape index (κ3) is 5.08. The van der Waals surface area contributed by atoms with Crippen LogP contribution in [0.25, 0.3) is 0 Å². The van der Waals surface area contributed by atoms with Gasteiger partial charge in [-0.05, 0) is 42.8 Å². The number of rotatable bonds is 5. The molecule has 2 N–H and O–H groups in total. The number of benzene rings is 1. The molecule has 1 aliphatic carbocycles. The summed E-state index contributed by atoms with van der Waals surface area (Å²) < 4.78 is 10.5. The summed E-state index contributed by atoms with van der Waals surface area (Å²) in [5.41, 5.74) is 1.08. The number of ether oxygens (including phenoxy) is 2. The highest BCUT2D eigenvalue weighted by molar-refractivity contribution is 7.80. The van der Waals surface area contributed by atoms with Crippen LogP contribution in [0, 0.1) is 0 Å². The first-order valence-corrected chi connectivity index (χ1v) is 7.88. The molecule has 1 aromatic carbocycles. The maximum absolute atomic E-state index is 5.37. The maximum atomic E-state index is 5.37. The van der Waals surface area contributed by atoms with Gasteiger partial charge in [0.1, 0.15) is 11.5 Å². The molecule has 0 aromatic heterocycles. The number of thiocarbonyl (C=S) groups is 1. The van der Waals surface area contributed by atoms with Gasteiger partial charge in [-0.1, -0.05) is 19.3 Å². The molecule has 0 amide bonds. The summed E-state index contributed by atoms with van der Waals surface area (Å²) >= 11 is 5.37. The van der Waals surface area contributed by atoms with Crippen molar-refractivity contribution in [2.24, 2.45) is 0 Å². The third-order valence-corrected chi connectivity index (χ3v) is 4.07. The van der Waals surface area contributed by atoms with E-state index in [4.69, 9.17) is 21.7 Å². The first-order chi connectivity index (χ1) is 10.2. The molecule has 0 saturated heterocycles. The summed E-state index contributed by atoms with van der Waals surface area (Å²) in [5.74, 6) is 1.58. The van der Waals surface area contributed by atoms with Gasteiger partial charge in [0.05, 0.1) is 14.2 Å². The molecule has 5 heteroatoms. The van der Waals surface area contributed by atoms with Crippen molar-refractivity contribution in [3.8, 4) is 11.5 Å². The molecule has 0 bridgehead atoms. The third-order valence-electron chi connectivity index (χ3n) is 3.80. The van der Waals surface area contributed by atoms with Gasteiger partial charge in [-0.2, -0.15) is 0 Å². The van der Waals surface area contributed by atoms with Gasteiger partial charge in [0.25, 0.3) is 0 Å². The molecule has 1 saturated carbocycles. The molecule has 0 aliphatic heterocycles. The standard InChI is InChI=1S/C16H24N2O2S/c1-19-14-8-12(9-15(10-14)20-2)11-17-16(21)18-13-6-4-3-5-7-13/h8-10,13H,3-7,11H2,1-2H3,(H2,17,18,21). The Morgan fingerprint density at radius 3 is 2.29 bits per heavy atom. The van der Waals surface area contributed by atoms with Crippen LogP contribution < -0.4 is 20.1 Å². The molecule has 2 rings (SSSR count). The molecule has 1 aromatic rings. The Morgan fingerprint density at radius 1 is 1.10 bits per heavy atom. The lowest BCUT2D eigenvalue weighted by molar-refractivity contribution is 0.393. The van der Waals surface area contributed by atoms with Crippen LogP contribution in [0.1, 0.15) is 37.7 Å². The molecule has 0 radical (unpaired) electrons. The topological polar surface area (TPSA) is 42.5 Å². The van der Waals surface area contributed by atoms with E-state index in [9.17, 15) is 0 Å². The number of hydrogen-bond donors (Lipinski definition) is 2. The van der Waals surface area contributed by atoms with Crippen molar-refractivity contribution in [2.75, 3.05) is 14.2 Å². The number of hydrogen-bond acceptors (Lipinski definition) is 3. The lowest BCUT2D eigenvalue weighted by Crippen LogP contribution is -2.42. The zero-order chi connectivity index (χ0) is 15.1. The molecule has 0 heterocycles. The van der Waals surface area contributed by atoms with E-state index in [2.05, 4.69) is 10.6 Å². The highest BCUT2D eigenvalue weighted by Gasteiger charge is 2.13. The lowest BCUT2D eigenvalue weighted by atomic mass is 9.96. The van der Waals surface area contributed by atoms with Gasteiger partial charge in [0, 0.05) is 18.7 Å². The average molecular weight is 308 g/mol. The van der Waals surface area contributed by atoms with E-state index in [1.165, 1.54) is 32.1 Å². The zero-order valence-electron chi connectivity index (χ0n) is 12.8. The fraction of sp³-hybridized carbons (Fsp3) is 0.562. The molecule has 0 atom stereocenters. The molecule has 116 valence electrons. The fourth-order valence-electron chi connectivity index (χ4n) is 2.63. The van der Waals surface area contributed by atoms with Crippen LogP contribution in [-0.2, 0) is 6.54 Å². The second kappa shape index (κ2) is 8.08. The van der Waals surface area contributed by atoms with Crippen LogP contribution >= 0.6 is 12.2 Å². The van der Waals surface area contributed by atoms with E-state index in [1.807, 2.05) is 18.2 Å². The molecule has 4 nitrogen and oxygen atoms in total. The molecule has 0 unspecified atom stereocenters. The van der Waals surface area contributed by atoms with E-state index < -0.39 is 0 Å². The van der Waals surface area contributed by atoms with Gasteiger partial charge in [-0.3, -0.25) is 0 Å². The van der Waals surface area contributed by atoms with Crippen molar-refractivity contribution in [3.63, 3.8) is 0 Å². The van der Waals surface area contributed by atoms with Crippen molar-refractivity contribution >= 4 is 17.3 Å². The summed E-state index contributed by atoms with van der Waals surface area (Å²) in [4.78, 5) is 0. The minimum absolute atomic E-state index is 0.526. The predicted octanol–water partition coefficient (Wildman–Crippen LogP) is 3.00. The molecule has 1 aliphatic rings. The van der Waals surface area contributed by atoms with Crippen LogP contribution in [0.5, 0.6) is 11.5 Å². The number of methoxy groups -OCH3 is 2. The Hall–Kier alpha value is -1.49.